The summed E-state index contributed by atoms with van der Waals surface area (Å²) in [4.78, 5) is 7.13. The van der Waals surface area contributed by atoms with Gasteiger partial charge >= 0.3 is 0 Å². The van der Waals surface area contributed by atoms with Crippen LogP contribution in [0.2, 0.25) is 0 Å². The lowest BCUT2D eigenvalue weighted by molar-refractivity contribution is 0.190. The molecular weight excluding hydrogens is 252 g/mol. The molecule has 1 saturated heterocycles. The minimum absolute atomic E-state index is 0.277. The van der Waals surface area contributed by atoms with E-state index in [9.17, 15) is 0 Å². The number of nitrogens with zero attached hydrogens (tertiary/aromatic N) is 3. The third-order valence-electron chi connectivity index (χ3n) is 3.76. The molecule has 1 aliphatic heterocycles. The van der Waals surface area contributed by atoms with E-state index in [0.29, 0.717) is 6.61 Å². The lowest BCUT2D eigenvalue weighted by atomic mass is 10.3. The normalized spacial score (nSPS) is 17.6. The maximum absolute atomic E-state index is 5.16. The standard InChI is InChI=1S/C15H28N4O/c1-13-11-19(10-6-9-18-7-4-5-8-18)15(16-13)17-14(2)12-20-3/h11,14H,4-10,12H2,1-3H3,(H,16,17). The van der Waals surface area contributed by atoms with Gasteiger partial charge in [-0.25, -0.2) is 4.98 Å². The van der Waals surface area contributed by atoms with Crippen molar-refractivity contribution in [3.8, 4) is 0 Å². The van der Waals surface area contributed by atoms with Crippen LogP contribution in [0.5, 0.6) is 0 Å². The molecule has 1 unspecified atom stereocenters. The van der Waals surface area contributed by atoms with Crippen LogP contribution in [0, 0.1) is 6.92 Å². The van der Waals surface area contributed by atoms with Gasteiger partial charge in [0.05, 0.1) is 12.3 Å². The Morgan fingerprint density at radius 1 is 1.35 bits per heavy atom. The summed E-state index contributed by atoms with van der Waals surface area (Å²) in [5, 5.41) is 3.42. The molecule has 0 spiro atoms. The highest BCUT2D eigenvalue weighted by atomic mass is 16.5. The van der Waals surface area contributed by atoms with Gasteiger partial charge in [0.15, 0.2) is 0 Å². The first-order valence-corrected chi connectivity index (χ1v) is 7.70. The number of aryl methyl sites for hydroxylation is 2. The minimum Gasteiger partial charge on any atom is -0.383 e. The lowest BCUT2D eigenvalue weighted by Gasteiger charge is -2.17. The highest BCUT2D eigenvalue weighted by Gasteiger charge is 2.12. The molecule has 0 bridgehead atoms. The summed E-state index contributed by atoms with van der Waals surface area (Å²) < 4.78 is 7.40. The summed E-state index contributed by atoms with van der Waals surface area (Å²) in [6.07, 6.45) is 6.05. The Kier molecular flexibility index (Phi) is 5.86. The molecule has 2 rings (SSSR count). The molecular formula is C15H28N4O. The van der Waals surface area contributed by atoms with Crippen LogP contribution in [0.25, 0.3) is 0 Å². The van der Waals surface area contributed by atoms with Gasteiger partial charge in [0.1, 0.15) is 0 Å². The molecule has 1 atom stereocenters. The molecule has 5 heteroatoms. The zero-order chi connectivity index (χ0) is 14.4. The minimum atomic E-state index is 0.277. The SMILES string of the molecule is COCC(C)Nc1nc(C)cn1CCCN1CCCC1. The van der Waals surface area contributed by atoms with Gasteiger partial charge in [0.2, 0.25) is 5.95 Å². The Morgan fingerprint density at radius 2 is 2.10 bits per heavy atom. The zero-order valence-corrected chi connectivity index (χ0v) is 13.1. The van der Waals surface area contributed by atoms with Crippen LogP contribution in [-0.2, 0) is 11.3 Å². The van der Waals surface area contributed by atoms with E-state index >= 15 is 0 Å². The summed E-state index contributed by atoms with van der Waals surface area (Å²) in [6, 6.07) is 0.277. The fraction of sp³-hybridized carbons (Fsp3) is 0.800. The summed E-state index contributed by atoms with van der Waals surface area (Å²) in [5.41, 5.74) is 1.07. The van der Waals surface area contributed by atoms with Crippen LogP contribution in [0.4, 0.5) is 5.95 Å². The van der Waals surface area contributed by atoms with Gasteiger partial charge in [-0.2, -0.15) is 0 Å². The molecule has 0 saturated carbocycles. The molecule has 1 fully saturated rings. The van der Waals surface area contributed by atoms with Gasteiger partial charge < -0.3 is 19.5 Å². The second kappa shape index (κ2) is 7.64. The molecule has 0 radical (unpaired) electrons. The molecule has 0 aromatic carbocycles. The number of anilines is 1. The molecule has 0 aliphatic carbocycles. The van der Waals surface area contributed by atoms with Crippen LogP contribution in [0.15, 0.2) is 6.20 Å². The Bertz CT molecular complexity index is 399. The van der Waals surface area contributed by atoms with Crippen LogP contribution < -0.4 is 5.32 Å². The fourth-order valence-electron chi connectivity index (χ4n) is 2.82. The quantitative estimate of drug-likeness (QED) is 0.792. The first-order chi connectivity index (χ1) is 9.69. The smallest absolute Gasteiger partial charge is 0.203 e. The average molecular weight is 280 g/mol. The number of likely N-dealkylation sites (tertiary alicyclic amines) is 1. The van der Waals surface area contributed by atoms with E-state index in [0.717, 1.165) is 18.2 Å². The maximum Gasteiger partial charge on any atom is 0.203 e. The van der Waals surface area contributed by atoms with Gasteiger partial charge in [0, 0.05) is 25.9 Å². The van der Waals surface area contributed by atoms with Crippen molar-refractivity contribution in [3.63, 3.8) is 0 Å². The maximum atomic E-state index is 5.16. The topological polar surface area (TPSA) is 42.3 Å². The number of nitrogens with one attached hydrogen (secondary N) is 1. The number of ether oxygens (including phenoxy) is 1. The van der Waals surface area contributed by atoms with Gasteiger partial charge in [-0.05, 0) is 52.7 Å². The first-order valence-electron chi connectivity index (χ1n) is 7.70. The van der Waals surface area contributed by atoms with E-state index < -0.39 is 0 Å². The van der Waals surface area contributed by atoms with Crippen LogP contribution in [0.1, 0.15) is 31.9 Å². The molecule has 20 heavy (non-hydrogen) atoms. The number of hydrogen-bond donors (Lipinski definition) is 1. The summed E-state index contributed by atoms with van der Waals surface area (Å²) in [7, 11) is 1.73. The second-order valence-corrected chi connectivity index (χ2v) is 5.80. The van der Waals surface area contributed by atoms with Gasteiger partial charge in [-0.1, -0.05) is 0 Å². The fourth-order valence-corrected chi connectivity index (χ4v) is 2.82. The van der Waals surface area contributed by atoms with Crippen LogP contribution in [0.3, 0.4) is 0 Å². The molecule has 114 valence electrons. The molecule has 1 aromatic heterocycles. The molecule has 0 amide bonds. The average Bonchev–Trinajstić information content (AvgIpc) is 3.00. The Balaban J connectivity index is 1.83. The monoisotopic (exact) mass is 280 g/mol. The number of imidazole rings is 1. The van der Waals surface area contributed by atoms with Crippen LogP contribution in [-0.4, -0.2) is 53.8 Å². The highest BCUT2D eigenvalue weighted by molar-refractivity contribution is 5.30. The number of rotatable bonds is 8. The van der Waals surface area contributed by atoms with Gasteiger partial charge in [-0.3, -0.25) is 0 Å². The van der Waals surface area contributed by atoms with Crippen molar-refractivity contribution in [2.24, 2.45) is 0 Å². The summed E-state index contributed by atoms with van der Waals surface area (Å²) >= 11 is 0. The van der Waals surface area contributed by atoms with Crippen molar-refractivity contribution >= 4 is 5.95 Å². The number of methoxy groups -OCH3 is 1. The summed E-state index contributed by atoms with van der Waals surface area (Å²) in [5.74, 6) is 0.966. The number of hydrogen-bond acceptors (Lipinski definition) is 4. The van der Waals surface area contributed by atoms with Crippen molar-refractivity contribution in [1.29, 1.82) is 0 Å². The van der Waals surface area contributed by atoms with Gasteiger partial charge in [0.25, 0.3) is 0 Å². The van der Waals surface area contributed by atoms with Crippen molar-refractivity contribution in [2.75, 3.05) is 38.7 Å². The lowest BCUT2D eigenvalue weighted by Crippen LogP contribution is -2.24. The zero-order valence-electron chi connectivity index (χ0n) is 13.1. The van der Waals surface area contributed by atoms with Crippen molar-refractivity contribution in [2.45, 2.75) is 45.7 Å². The van der Waals surface area contributed by atoms with Crippen molar-refractivity contribution in [1.82, 2.24) is 14.5 Å². The Hall–Kier alpha value is -1.07. The van der Waals surface area contributed by atoms with Gasteiger partial charge in [-0.15, -0.1) is 0 Å². The van der Waals surface area contributed by atoms with E-state index in [1.807, 2.05) is 6.92 Å². The van der Waals surface area contributed by atoms with Crippen molar-refractivity contribution < 1.29 is 4.74 Å². The van der Waals surface area contributed by atoms with E-state index in [-0.39, 0.29) is 6.04 Å². The predicted octanol–water partition coefficient (Wildman–Crippen LogP) is 2.12. The highest BCUT2D eigenvalue weighted by Crippen LogP contribution is 2.12. The number of aromatic nitrogens is 2. The third kappa shape index (κ3) is 4.49. The molecule has 2 heterocycles. The molecule has 5 nitrogen and oxygen atoms in total. The third-order valence-corrected chi connectivity index (χ3v) is 3.76. The van der Waals surface area contributed by atoms with Crippen molar-refractivity contribution in [3.05, 3.63) is 11.9 Å². The predicted molar refractivity (Wildman–Crippen MR) is 82.2 cm³/mol. The van der Waals surface area contributed by atoms with E-state index in [1.54, 1.807) is 7.11 Å². The van der Waals surface area contributed by atoms with E-state index in [1.165, 1.54) is 38.9 Å². The largest absolute Gasteiger partial charge is 0.383 e. The Morgan fingerprint density at radius 3 is 2.80 bits per heavy atom. The molecule has 1 aromatic rings. The first kappa shape index (κ1) is 15.3. The van der Waals surface area contributed by atoms with E-state index in [2.05, 4.69) is 32.9 Å². The Labute approximate surface area is 122 Å². The molecule has 1 N–H and O–H groups in total. The van der Waals surface area contributed by atoms with E-state index in [4.69, 9.17) is 4.74 Å². The van der Waals surface area contributed by atoms with Crippen LogP contribution >= 0.6 is 0 Å². The summed E-state index contributed by atoms with van der Waals surface area (Å²) in [6.45, 7) is 9.63. The molecule has 1 aliphatic rings. The second-order valence-electron chi connectivity index (χ2n) is 5.80.